The van der Waals surface area contributed by atoms with E-state index in [0.717, 1.165) is 83.5 Å². The van der Waals surface area contributed by atoms with Gasteiger partial charge in [-0.05, 0) is 83.5 Å². The number of hydrogen-bond acceptors (Lipinski definition) is 8. The molecule has 376 valence electrons. The maximum Gasteiger partial charge on any atom is 0.472 e. The van der Waals surface area contributed by atoms with Gasteiger partial charge in [-0.15, -0.1) is 0 Å². The standard InChI is InChI=1S/C53H94NO10P/c1-3-5-7-9-11-13-15-17-19-21-23-24-25-26-27-29-31-33-35-37-39-41-43-45-52(57)62-46-49(55)47-63-65(60,61)64-48-50(53(58)59)54-51(56)44-42-40-38-36-34-32-30-28-22-20-18-16-14-12-10-8-6-4-2/h11,13,17,19-20,22-24,26-27,49-50,55H,3-10,12,14-16,18,21,25,28-48H2,1-2H3,(H,54,56)(H,58,59)(H,60,61)/b13-11-,19-17-,22-20-,24-23-,27-26-. The number of esters is 1. The van der Waals surface area contributed by atoms with Crippen molar-refractivity contribution in [3.8, 4) is 0 Å². The number of ether oxygens (including phenoxy) is 1. The molecule has 0 saturated heterocycles. The molecule has 0 rings (SSSR count). The molecule has 0 heterocycles. The predicted molar refractivity (Wildman–Crippen MR) is 268 cm³/mol. The van der Waals surface area contributed by atoms with E-state index >= 15 is 0 Å². The van der Waals surface area contributed by atoms with Crippen molar-refractivity contribution in [3.05, 3.63) is 60.8 Å². The molecule has 0 bridgehead atoms. The molecule has 0 saturated carbocycles. The van der Waals surface area contributed by atoms with Crippen LogP contribution in [0, 0.1) is 0 Å². The lowest BCUT2D eigenvalue weighted by molar-refractivity contribution is -0.147. The summed E-state index contributed by atoms with van der Waals surface area (Å²) in [7, 11) is -4.77. The number of amides is 1. The molecule has 4 N–H and O–H groups in total. The lowest BCUT2D eigenvalue weighted by Gasteiger charge is -2.18. The average molecular weight is 936 g/mol. The summed E-state index contributed by atoms with van der Waals surface area (Å²) in [5.74, 6) is -2.39. The van der Waals surface area contributed by atoms with Crippen molar-refractivity contribution in [1.29, 1.82) is 0 Å². The molecule has 0 aromatic rings. The lowest BCUT2D eigenvalue weighted by Crippen LogP contribution is -2.43. The molecule has 12 heteroatoms. The second kappa shape index (κ2) is 47.7. The fourth-order valence-electron chi connectivity index (χ4n) is 7.00. The van der Waals surface area contributed by atoms with Crippen LogP contribution in [0.5, 0.6) is 0 Å². The van der Waals surface area contributed by atoms with E-state index in [-0.39, 0.29) is 12.8 Å². The van der Waals surface area contributed by atoms with Gasteiger partial charge in [-0.2, -0.15) is 0 Å². The van der Waals surface area contributed by atoms with E-state index in [9.17, 15) is 34.1 Å². The van der Waals surface area contributed by atoms with E-state index in [1.807, 2.05) is 0 Å². The van der Waals surface area contributed by atoms with Gasteiger partial charge < -0.3 is 25.2 Å². The van der Waals surface area contributed by atoms with Crippen LogP contribution >= 0.6 is 7.82 Å². The van der Waals surface area contributed by atoms with Gasteiger partial charge in [0.25, 0.3) is 0 Å². The monoisotopic (exact) mass is 936 g/mol. The van der Waals surface area contributed by atoms with Crippen LogP contribution in [0.15, 0.2) is 60.8 Å². The number of carboxylic acid groups (broad SMARTS) is 1. The van der Waals surface area contributed by atoms with Gasteiger partial charge in [0.2, 0.25) is 5.91 Å². The first-order chi connectivity index (χ1) is 31.6. The smallest absolute Gasteiger partial charge is 0.472 e. The normalized spacial score (nSPS) is 14.0. The predicted octanol–water partition coefficient (Wildman–Crippen LogP) is 14.3. The zero-order valence-corrected chi connectivity index (χ0v) is 41.9. The third-order valence-electron chi connectivity index (χ3n) is 11.0. The van der Waals surface area contributed by atoms with Crippen molar-refractivity contribution >= 4 is 25.7 Å². The van der Waals surface area contributed by atoms with Gasteiger partial charge in [0.1, 0.15) is 12.7 Å². The summed E-state index contributed by atoms with van der Waals surface area (Å²) in [5.41, 5.74) is 0. The number of rotatable bonds is 48. The molecule has 11 nitrogen and oxygen atoms in total. The molecular formula is C53H94NO10P. The first-order valence-electron chi connectivity index (χ1n) is 25.8. The number of unbranched alkanes of at least 4 members (excludes halogenated alkanes) is 24. The van der Waals surface area contributed by atoms with E-state index in [1.165, 1.54) is 103 Å². The average Bonchev–Trinajstić information content (AvgIpc) is 3.28. The summed E-state index contributed by atoms with van der Waals surface area (Å²) in [6, 6.07) is -1.55. The molecule has 1 amide bonds. The lowest BCUT2D eigenvalue weighted by atomic mass is 10.1. The Bertz CT molecular complexity index is 1330. The molecule has 0 aliphatic rings. The molecule has 0 aromatic heterocycles. The van der Waals surface area contributed by atoms with Crippen molar-refractivity contribution in [3.63, 3.8) is 0 Å². The molecule has 0 spiro atoms. The summed E-state index contributed by atoms with van der Waals surface area (Å²) < 4.78 is 26.9. The van der Waals surface area contributed by atoms with Crippen molar-refractivity contribution in [2.45, 2.75) is 238 Å². The fourth-order valence-corrected chi connectivity index (χ4v) is 7.77. The third kappa shape index (κ3) is 47.5. The van der Waals surface area contributed by atoms with Crippen LogP contribution in [-0.4, -0.2) is 64.9 Å². The van der Waals surface area contributed by atoms with Crippen molar-refractivity contribution in [2.75, 3.05) is 19.8 Å². The molecule has 0 radical (unpaired) electrons. The minimum Gasteiger partial charge on any atom is -0.480 e. The first-order valence-corrected chi connectivity index (χ1v) is 27.3. The fraction of sp³-hybridized carbons (Fsp3) is 0.755. The minimum absolute atomic E-state index is 0.139. The Kier molecular flexibility index (Phi) is 45.6. The van der Waals surface area contributed by atoms with Gasteiger partial charge in [-0.3, -0.25) is 18.6 Å². The van der Waals surface area contributed by atoms with Crippen molar-refractivity contribution in [2.24, 2.45) is 0 Å². The largest absolute Gasteiger partial charge is 0.480 e. The Morgan fingerprint density at radius 2 is 0.846 bits per heavy atom. The van der Waals surface area contributed by atoms with Crippen molar-refractivity contribution in [1.82, 2.24) is 5.32 Å². The highest BCUT2D eigenvalue weighted by Crippen LogP contribution is 2.43. The zero-order valence-electron chi connectivity index (χ0n) is 41.0. The molecule has 65 heavy (non-hydrogen) atoms. The maximum absolute atomic E-state index is 12.4. The number of phosphoric ester groups is 1. The van der Waals surface area contributed by atoms with Crippen LogP contribution < -0.4 is 5.32 Å². The summed E-state index contributed by atoms with van der Waals surface area (Å²) >= 11 is 0. The van der Waals surface area contributed by atoms with Crippen molar-refractivity contribution < 1.29 is 47.8 Å². The molecule has 0 aliphatic heterocycles. The summed E-state index contributed by atoms with van der Waals surface area (Å²) in [6.07, 6.45) is 56.6. The number of nitrogens with one attached hydrogen (secondary N) is 1. The number of carbonyl (C=O) groups is 3. The zero-order chi connectivity index (χ0) is 47.7. The van der Waals surface area contributed by atoms with Crippen LogP contribution in [0.3, 0.4) is 0 Å². The number of aliphatic hydroxyl groups is 1. The summed E-state index contributed by atoms with van der Waals surface area (Å²) in [5, 5.41) is 21.9. The number of phosphoric acid groups is 1. The molecule has 0 aromatic carbocycles. The molecule has 0 fully saturated rings. The van der Waals surface area contributed by atoms with Crippen LogP contribution in [0.2, 0.25) is 0 Å². The van der Waals surface area contributed by atoms with Gasteiger partial charge in [0, 0.05) is 12.8 Å². The number of aliphatic hydroxyl groups excluding tert-OH is 1. The Labute approximate surface area is 396 Å². The van der Waals surface area contributed by atoms with E-state index in [0.29, 0.717) is 12.8 Å². The van der Waals surface area contributed by atoms with E-state index < -0.39 is 57.6 Å². The molecule has 3 atom stereocenters. The summed E-state index contributed by atoms with van der Waals surface area (Å²) in [4.78, 5) is 46.1. The van der Waals surface area contributed by atoms with Gasteiger partial charge >= 0.3 is 19.8 Å². The number of carboxylic acids is 1. The Morgan fingerprint density at radius 1 is 0.492 bits per heavy atom. The van der Waals surface area contributed by atoms with Gasteiger partial charge in [0.15, 0.2) is 6.04 Å². The minimum atomic E-state index is -4.77. The Morgan fingerprint density at radius 3 is 1.31 bits per heavy atom. The topological polar surface area (TPSA) is 169 Å². The van der Waals surface area contributed by atoms with E-state index in [4.69, 9.17) is 13.8 Å². The Balaban J connectivity index is 3.86. The van der Waals surface area contributed by atoms with E-state index in [1.54, 1.807) is 0 Å². The van der Waals surface area contributed by atoms with E-state index in [2.05, 4.69) is 79.9 Å². The number of hydrogen-bond donors (Lipinski definition) is 4. The number of allylic oxidation sites excluding steroid dienone is 10. The van der Waals surface area contributed by atoms with Gasteiger partial charge in [-0.1, -0.05) is 190 Å². The maximum atomic E-state index is 12.4. The van der Waals surface area contributed by atoms with Crippen LogP contribution in [0.4, 0.5) is 0 Å². The molecule has 3 unspecified atom stereocenters. The number of aliphatic carboxylic acids is 1. The van der Waals surface area contributed by atoms with Crippen LogP contribution in [0.25, 0.3) is 0 Å². The third-order valence-corrected chi connectivity index (χ3v) is 12.0. The number of carbonyl (C=O) groups excluding carboxylic acids is 2. The van der Waals surface area contributed by atoms with Crippen LogP contribution in [-0.2, 0) is 32.7 Å². The highest BCUT2D eigenvalue weighted by atomic mass is 31.2. The quantitative estimate of drug-likeness (QED) is 0.0199. The van der Waals surface area contributed by atoms with Gasteiger partial charge in [0.05, 0.1) is 13.2 Å². The molecular weight excluding hydrogens is 842 g/mol. The second-order valence-corrected chi connectivity index (χ2v) is 18.8. The highest BCUT2D eigenvalue weighted by molar-refractivity contribution is 7.47. The summed E-state index contributed by atoms with van der Waals surface area (Å²) in [6.45, 7) is 2.57. The van der Waals surface area contributed by atoms with Crippen LogP contribution in [0.1, 0.15) is 226 Å². The second-order valence-electron chi connectivity index (χ2n) is 17.4. The Hall–Kier alpha value is -2.82. The SMILES string of the molecule is CCCCC/C=C\C/C=C\C/C=C\C/C=C\CCCCCCCCCC(=O)OCC(O)COP(=O)(O)OCC(NC(=O)CCCCCCCCC/C=C\CCCCCCCCC)C(=O)O. The van der Waals surface area contributed by atoms with Gasteiger partial charge in [-0.25, -0.2) is 9.36 Å². The first kappa shape index (κ1) is 62.2. The molecule has 0 aliphatic carbocycles. The highest BCUT2D eigenvalue weighted by Gasteiger charge is 2.28.